The first-order valence-electron chi connectivity index (χ1n) is 8.30. The predicted octanol–water partition coefficient (Wildman–Crippen LogP) is 0.404. The predicted molar refractivity (Wildman–Crippen MR) is 90.2 cm³/mol. The average molecular weight is 357 g/mol. The third-order valence-corrected chi connectivity index (χ3v) is 3.77. The van der Waals surface area contributed by atoms with Gasteiger partial charge in [0.15, 0.2) is 0 Å². The minimum absolute atomic E-state index is 0.0278. The van der Waals surface area contributed by atoms with Gasteiger partial charge in [0.25, 0.3) is 0 Å². The fraction of sp³-hybridized carbons (Fsp3) is 0.353. The molecule has 0 aliphatic heterocycles. The van der Waals surface area contributed by atoms with Crippen molar-refractivity contribution >= 4 is 17.7 Å². The van der Waals surface area contributed by atoms with E-state index in [2.05, 4.69) is 26.4 Å². The molecule has 0 unspecified atom stereocenters. The third kappa shape index (κ3) is 4.88. The number of carbonyl (C=O) groups excluding carboxylic acids is 3. The molecule has 1 fully saturated rings. The lowest BCUT2D eigenvalue weighted by atomic mass is 10.1. The maximum Gasteiger partial charge on any atom is 0.327 e. The van der Waals surface area contributed by atoms with Gasteiger partial charge in [0.05, 0.1) is 0 Å². The minimum atomic E-state index is -0.898. The number of hydrazine groups is 1. The summed E-state index contributed by atoms with van der Waals surface area (Å²) < 4.78 is 5.52. The molecule has 0 radical (unpaired) electrons. The molecule has 0 atom stereocenters. The quantitative estimate of drug-likeness (QED) is 0.525. The third-order valence-electron chi connectivity index (χ3n) is 3.77. The minimum Gasteiger partial charge on any atom is -0.421 e. The first-order valence-corrected chi connectivity index (χ1v) is 8.30. The van der Waals surface area contributed by atoms with Crippen molar-refractivity contribution in [3.8, 4) is 11.5 Å². The molecular formula is C17H19N5O4. The zero-order chi connectivity index (χ0) is 18.5. The lowest BCUT2D eigenvalue weighted by Gasteiger charge is -2.06. The van der Waals surface area contributed by atoms with Crippen LogP contribution in [0.5, 0.6) is 0 Å². The molecule has 9 heteroatoms. The van der Waals surface area contributed by atoms with Gasteiger partial charge in [0.1, 0.15) is 0 Å². The van der Waals surface area contributed by atoms with Crippen molar-refractivity contribution in [2.24, 2.45) is 0 Å². The number of nitrogens with zero attached hydrogens (tertiary/aromatic N) is 2. The van der Waals surface area contributed by atoms with Crippen LogP contribution in [0, 0.1) is 6.92 Å². The molecule has 26 heavy (non-hydrogen) atoms. The van der Waals surface area contributed by atoms with Crippen molar-refractivity contribution in [3.05, 3.63) is 35.7 Å². The summed E-state index contributed by atoms with van der Waals surface area (Å²) >= 11 is 0. The van der Waals surface area contributed by atoms with Gasteiger partial charge < -0.3 is 9.73 Å². The number of aryl methyl sites for hydroxylation is 2. The Balaban J connectivity index is 1.42. The topological polar surface area (TPSA) is 126 Å². The molecule has 1 aromatic heterocycles. The van der Waals surface area contributed by atoms with Crippen molar-refractivity contribution in [2.45, 2.75) is 38.6 Å². The Bertz CT molecular complexity index is 811. The standard InChI is InChI=1S/C17H19N5O4/c1-10-2-4-11(5-3-10)17-22-20-14(26-17)9-8-13(23)19-21-16(25)15(24)18-12-6-7-12/h2-5,12H,6-9H2,1H3,(H,18,24)(H,19,23)(H,21,25). The summed E-state index contributed by atoms with van der Waals surface area (Å²) in [6.07, 6.45) is 2.00. The Morgan fingerprint density at radius 2 is 1.81 bits per heavy atom. The number of benzene rings is 1. The number of carbonyl (C=O) groups is 3. The van der Waals surface area contributed by atoms with Crippen molar-refractivity contribution < 1.29 is 18.8 Å². The number of amides is 3. The first kappa shape index (κ1) is 17.6. The van der Waals surface area contributed by atoms with Crippen LogP contribution in [0.2, 0.25) is 0 Å². The summed E-state index contributed by atoms with van der Waals surface area (Å²) in [6, 6.07) is 7.70. The Morgan fingerprint density at radius 3 is 2.50 bits per heavy atom. The average Bonchev–Trinajstić information content (AvgIpc) is 3.32. The van der Waals surface area contributed by atoms with E-state index in [0.29, 0.717) is 11.8 Å². The SMILES string of the molecule is Cc1ccc(-c2nnc(CCC(=O)NNC(=O)C(=O)NC3CC3)o2)cc1. The summed E-state index contributed by atoms with van der Waals surface area (Å²) in [7, 11) is 0. The van der Waals surface area contributed by atoms with Crippen molar-refractivity contribution in [1.82, 2.24) is 26.4 Å². The summed E-state index contributed by atoms with van der Waals surface area (Å²) in [6.45, 7) is 1.98. The molecule has 1 aromatic carbocycles. The maximum atomic E-state index is 11.7. The Labute approximate surface area is 149 Å². The number of nitrogens with one attached hydrogen (secondary N) is 3. The van der Waals surface area contributed by atoms with Gasteiger partial charge in [-0.15, -0.1) is 10.2 Å². The zero-order valence-corrected chi connectivity index (χ0v) is 14.2. The van der Waals surface area contributed by atoms with Crippen LogP contribution in [0.4, 0.5) is 0 Å². The van der Waals surface area contributed by atoms with Crippen LogP contribution in [0.3, 0.4) is 0 Å². The van der Waals surface area contributed by atoms with Crippen LogP contribution < -0.4 is 16.2 Å². The summed E-state index contributed by atoms with van der Waals surface area (Å²) in [5.41, 5.74) is 6.18. The van der Waals surface area contributed by atoms with Gasteiger partial charge in [0.2, 0.25) is 17.7 Å². The Morgan fingerprint density at radius 1 is 1.08 bits per heavy atom. The Hall–Kier alpha value is -3.23. The molecule has 136 valence electrons. The van der Waals surface area contributed by atoms with Crippen LogP contribution in [0.15, 0.2) is 28.7 Å². The molecule has 1 saturated carbocycles. The highest BCUT2D eigenvalue weighted by atomic mass is 16.4. The lowest BCUT2D eigenvalue weighted by Crippen LogP contribution is -2.49. The zero-order valence-electron chi connectivity index (χ0n) is 14.2. The fourth-order valence-corrected chi connectivity index (χ4v) is 2.11. The molecule has 3 rings (SSSR count). The maximum absolute atomic E-state index is 11.7. The van der Waals surface area contributed by atoms with E-state index in [1.807, 2.05) is 31.2 Å². The van der Waals surface area contributed by atoms with E-state index in [0.717, 1.165) is 24.0 Å². The first-order chi connectivity index (χ1) is 12.5. The van der Waals surface area contributed by atoms with E-state index in [-0.39, 0.29) is 18.9 Å². The van der Waals surface area contributed by atoms with Gasteiger partial charge in [-0.05, 0) is 31.9 Å². The van der Waals surface area contributed by atoms with E-state index in [1.54, 1.807) is 0 Å². The number of hydrogen-bond acceptors (Lipinski definition) is 6. The number of hydrogen-bond donors (Lipinski definition) is 3. The van der Waals surface area contributed by atoms with Crippen LogP contribution in [-0.2, 0) is 20.8 Å². The summed E-state index contributed by atoms with van der Waals surface area (Å²) in [5, 5.41) is 10.4. The normalized spacial score (nSPS) is 13.1. The van der Waals surface area contributed by atoms with Crippen molar-refractivity contribution in [3.63, 3.8) is 0 Å². The monoisotopic (exact) mass is 357 g/mol. The van der Waals surface area contributed by atoms with Gasteiger partial charge in [-0.2, -0.15) is 0 Å². The Kier molecular flexibility index (Phi) is 5.26. The smallest absolute Gasteiger partial charge is 0.327 e. The highest BCUT2D eigenvalue weighted by Gasteiger charge is 2.26. The van der Waals surface area contributed by atoms with Crippen LogP contribution in [0.25, 0.3) is 11.5 Å². The summed E-state index contributed by atoms with van der Waals surface area (Å²) in [5.74, 6) is -1.43. The van der Waals surface area contributed by atoms with E-state index in [1.165, 1.54) is 0 Å². The van der Waals surface area contributed by atoms with Gasteiger partial charge >= 0.3 is 11.8 Å². The van der Waals surface area contributed by atoms with E-state index >= 15 is 0 Å². The molecule has 3 amide bonds. The molecule has 1 aliphatic carbocycles. The van der Waals surface area contributed by atoms with Crippen molar-refractivity contribution in [2.75, 3.05) is 0 Å². The molecule has 0 saturated heterocycles. The number of rotatable bonds is 5. The van der Waals surface area contributed by atoms with E-state index in [9.17, 15) is 14.4 Å². The molecule has 1 heterocycles. The van der Waals surface area contributed by atoms with Gasteiger partial charge in [0, 0.05) is 24.4 Å². The largest absolute Gasteiger partial charge is 0.421 e. The van der Waals surface area contributed by atoms with Crippen LogP contribution >= 0.6 is 0 Å². The lowest BCUT2D eigenvalue weighted by molar-refractivity contribution is -0.141. The molecular weight excluding hydrogens is 338 g/mol. The number of aromatic nitrogens is 2. The van der Waals surface area contributed by atoms with Crippen LogP contribution in [0.1, 0.15) is 30.7 Å². The van der Waals surface area contributed by atoms with Gasteiger partial charge in [-0.3, -0.25) is 25.2 Å². The van der Waals surface area contributed by atoms with Gasteiger partial charge in [-0.25, -0.2) is 0 Å². The van der Waals surface area contributed by atoms with Crippen molar-refractivity contribution in [1.29, 1.82) is 0 Å². The molecule has 0 spiro atoms. The van der Waals surface area contributed by atoms with E-state index in [4.69, 9.17) is 4.42 Å². The fourth-order valence-electron chi connectivity index (χ4n) is 2.11. The van der Waals surface area contributed by atoms with Crippen LogP contribution in [-0.4, -0.2) is 34.0 Å². The second kappa shape index (κ2) is 7.77. The van der Waals surface area contributed by atoms with Gasteiger partial charge in [-0.1, -0.05) is 17.7 Å². The molecule has 0 bridgehead atoms. The highest BCUT2D eigenvalue weighted by molar-refractivity contribution is 6.35. The molecule has 1 aliphatic rings. The second-order valence-electron chi connectivity index (χ2n) is 6.12. The second-order valence-corrected chi connectivity index (χ2v) is 6.12. The summed E-state index contributed by atoms with van der Waals surface area (Å²) in [4.78, 5) is 34.7. The van der Waals surface area contributed by atoms with E-state index < -0.39 is 17.7 Å². The highest BCUT2D eigenvalue weighted by Crippen LogP contribution is 2.19. The molecule has 2 aromatic rings. The molecule has 3 N–H and O–H groups in total. The molecule has 9 nitrogen and oxygen atoms in total.